The van der Waals surface area contributed by atoms with Crippen LogP contribution in [-0.2, 0) is 9.53 Å². The predicted octanol–water partition coefficient (Wildman–Crippen LogP) is 3.61. The van der Waals surface area contributed by atoms with Crippen molar-refractivity contribution in [3.63, 3.8) is 0 Å². The minimum Gasteiger partial charge on any atom is -0.465 e. The van der Waals surface area contributed by atoms with Gasteiger partial charge in [0.25, 0.3) is 0 Å². The minimum atomic E-state index is -0.201. The van der Waals surface area contributed by atoms with Crippen molar-refractivity contribution in [2.24, 2.45) is 16.7 Å². The highest BCUT2D eigenvalue weighted by Crippen LogP contribution is 2.57. The van der Waals surface area contributed by atoms with Crippen LogP contribution < -0.4 is 0 Å². The summed E-state index contributed by atoms with van der Waals surface area (Å²) in [6.45, 7) is 6.40. The molecule has 4 heteroatoms. The Morgan fingerprint density at radius 1 is 1.56 bits per heavy atom. The standard InChI is InChI=1S/C12H20BrClO2/c1-9(15)16-8-11(2)5-4-10(6-14)12(11,3)7-13/h10H,4-8H2,1-3H3. The molecule has 0 saturated heterocycles. The van der Waals surface area contributed by atoms with E-state index in [0.29, 0.717) is 18.4 Å². The zero-order chi connectivity index (χ0) is 12.4. The second-order valence-corrected chi connectivity index (χ2v) is 6.15. The molecule has 3 atom stereocenters. The summed E-state index contributed by atoms with van der Waals surface area (Å²) in [6, 6.07) is 0. The zero-order valence-electron chi connectivity index (χ0n) is 10.2. The normalized spacial score (nSPS) is 38.7. The van der Waals surface area contributed by atoms with Gasteiger partial charge < -0.3 is 4.74 Å². The highest BCUT2D eigenvalue weighted by atomic mass is 79.9. The average Bonchev–Trinajstić information content (AvgIpc) is 2.50. The van der Waals surface area contributed by atoms with E-state index < -0.39 is 0 Å². The van der Waals surface area contributed by atoms with Crippen LogP contribution in [0.25, 0.3) is 0 Å². The third-order valence-electron chi connectivity index (χ3n) is 4.38. The van der Waals surface area contributed by atoms with Gasteiger partial charge in [0.05, 0.1) is 6.61 Å². The van der Waals surface area contributed by atoms with Crippen molar-refractivity contribution in [2.75, 3.05) is 17.8 Å². The summed E-state index contributed by atoms with van der Waals surface area (Å²) in [6.07, 6.45) is 2.18. The lowest BCUT2D eigenvalue weighted by atomic mass is 9.66. The van der Waals surface area contributed by atoms with Gasteiger partial charge in [0.2, 0.25) is 0 Å². The molecule has 0 aromatic heterocycles. The number of alkyl halides is 2. The predicted molar refractivity (Wildman–Crippen MR) is 70.1 cm³/mol. The lowest BCUT2D eigenvalue weighted by Crippen LogP contribution is -2.42. The summed E-state index contributed by atoms with van der Waals surface area (Å²) in [7, 11) is 0. The highest BCUT2D eigenvalue weighted by Gasteiger charge is 2.53. The van der Waals surface area contributed by atoms with Crippen molar-refractivity contribution in [1.29, 1.82) is 0 Å². The first kappa shape index (κ1) is 14.3. The zero-order valence-corrected chi connectivity index (χ0v) is 12.5. The fourth-order valence-corrected chi connectivity index (χ4v) is 4.24. The number of carbonyl (C=O) groups is 1. The lowest BCUT2D eigenvalue weighted by Gasteiger charge is -2.42. The Morgan fingerprint density at radius 2 is 2.19 bits per heavy atom. The third-order valence-corrected chi connectivity index (χ3v) is 5.92. The van der Waals surface area contributed by atoms with Crippen LogP contribution in [0.5, 0.6) is 0 Å². The molecule has 1 saturated carbocycles. The van der Waals surface area contributed by atoms with Crippen LogP contribution >= 0.6 is 27.5 Å². The lowest BCUT2D eigenvalue weighted by molar-refractivity contribution is -0.146. The average molecular weight is 312 g/mol. The van der Waals surface area contributed by atoms with Gasteiger partial charge in [0, 0.05) is 23.5 Å². The molecule has 0 heterocycles. The fourth-order valence-electron chi connectivity index (χ4n) is 2.61. The van der Waals surface area contributed by atoms with E-state index in [4.69, 9.17) is 16.3 Å². The molecule has 94 valence electrons. The molecule has 2 nitrogen and oxygen atoms in total. The number of hydrogen-bond donors (Lipinski definition) is 0. The van der Waals surface area contributed by atoms with E-state index in [2.05, 4.69) is 29.8 Å². The number of hydrogen-bond acceptors (Lipinski definition) is 2. The van der Waals surface area contributed by atoms with Gasteiger partial charge in [-0.15, -0.1) is 11.6 Å². The molecule has 0 aromatic carbocycles. The molecular weight excluding hydrogens is 291 g/mol. The van der Waals surface area contributed by atoms with Crippen molar-refractivity contribution >= 4 is 33.5 Å². The van der Waals surface area contributed by atoms with Gasteiger partial charge >= 0.3 is 5.97 Å². The minimum absolute atomic E-state index is 0.0295. The van der Waals surface area contributed by atoms with Crippen molar-refractivity contribution in [2.45, 2.75) is 33.6 Å². The number of esters is 1. The van der Waals surface area contributed by atoms with Crippen molar-refractivity contribution in [3.05, 3.63) is 0 Å². The van der Waals surface area contributed by atoms with Gasteiger partial charge in [0.1, 0.15) is 0 Å². The van der Waals surface area contributed by atoms with Gasteiger partial charge in [-0.1, -0.05) is 29.8 Å². The summed E-state index contributed by atoms with van der Waals surface area (Å²) >= 11 is 9.63. The summed E-state index contributed by atoms with van der Waals surface area (Å²) in [5.74, 6) is 0.971. The Labute approximate surface area is 111 Å². The molecule has 3 unspecified atom stereocenters. The van der Waals surface area contributed by atoms with Gasteiger partial charge in [-0.05, 0) is 24.2 Å². The quantitative estimate of drug-likeness (QED) is 0.586. The Hall–Kier alpha value is 0.240. The second kappa shape index (κ2) is 5.26. The van der Waals surface area contributed by atoms with E-state index in [9.17, 15) is 4.79 Å². The molecule has 1 aliphatic carbocycles. The first-order chi connectivity index (χ1) is 7.39. The number of halogens is 2. The van der Waals surface area contributed by atoms with Gasteiger partial charge in [-0.2, -0.15) is 0 Å². The number of ether oxygens (including phenoxy) is 1. The summed E-state index contributed by atoms with van der Waals surface area (Å²) in [5, 5.41) is 0.898. The Bertz CT molecular complexity index is 272. The van der Waals surface area contributed by atoms with E-state index in [1.807, 2.05) is 0 Å². The molecule has 0 aliphatic heterocycles. The second-order valence-electron chi connectivity index (χ2n) is 5.28. The molecular formula is C12H20BrClO2. The SMILES string of the molecule is CC(=O)OCC1(C)CCC(CCl)C1(C)CBr. The van der Waals surface area contributed by atoms with Crippen LogP contribution in [0.15, 0.2) is 0 Å². The molecule has 0 bridgehead atoms. The molecule has 16 heavy (non-hydrogen) atoms. The van der Waals surface area contributed by atoms with Crippen LogP contribution in [0.1, 0.15) is 33.6 Å². The van der Waals surface area contributed by atoms with Crippen molar-refractivity contribution in [3.8, 4) is 0 Å². The Balaban J connectivity index is 2.82. The molecule has 1 fully saturated rings. The van der Waals surface area contributed by atoms with Gasteiger partial charge in [0.15, 0.2) is 0 Å². The van der Waals surface area contributed by atoms with Gasteiger partial charge in [-0.25, -0.2) is 0 Å². The molecule has 0 N–H and O–H groups in total. The summed E-state index contributed by atoms with van der Waals surface area (Å²) in [5.41, 5.74) is 0.131. The maximum Gasteiger partial charge on any atom is 0.302 e. The fraction of sp³-hybridized carbons (Fsp3) is 0.917. The van der Waals surface area contributed by atoms with Crippen LogP contribution in [0.4, 0.5) is 0 Å². The monoisotopic (exact) mass is 310 g/mol. The van der Waals surface area contributed by atoms with E-state index in [-0.39, 0.29) is 16.8 Å². The van der Waals surface area contributed by atoms with E-state index in [1.165, 1.54) is 6.92 Å². The third kappa shape index (κ3) is 2.40. The molecule has 1 rings (SSSR count). The van der Waals surface area contributed by atoms with Crippen LogP contribution in [0.2, 0.25) is 0 Å². The van der Waals surface area contributed by atoms with Crippen LogP contribution in [0, 0.1) is 16.7 Å². The van der Waals surface area contributed by atoms with E-state index in [1.54, 1.807) is 0 Å². The first-order valence-electron chi connectivity index (χ1n) is 5.65. The topological polar surface area (TPSA) is 26.3 Å². The summed E-state index contributed by atoms with van der Waals surface area (Å²) < 4.78 is 5.22. The molecule has 0 amide bonds. The summed E-state index contributed by atoms with van der Waals surface area (Å²) in [4.78, 5) is 10.9. The van der Waals surface area contributed by atoms with Crippen LogP contribution in [0.3, 0.4) is 0 Å². The maximum absolute atomic E-state index is 10.9. The largest absolute Gasteiger partial charge is 0.465 e. The van der Waals surface area contributed by atoms with Crippen molar-refractivity contribution < 1.29 is 9.53 Å². The smallest absolute Gasteiger partial charge is 0.302 e. The van der Waals surface area contributed by atoms with Gasteiger partial charge in [-0.3, -0.25) is 4.79 Å². The Morgan fingerprint density at radius 3 is 2.62 bits per heavy atom. The van der Waals surface area contributed by atoms with Crippen LogP contribution in [-0.4, -0.2) is 23.8 Å². The van der Waals surface area contributed by atoms with E-state index in [0.717, 1.165) is 18.2 Å². The maximum atomic E-state index is 10.9. The van der Waals surface area contributed by atoms with Crippen molar-refractivity contribution in [1.82, 2.24) is 0 Å². The molecule has 0 radical (unpaired) electrons. The molecule has 0 spiro atoms. The number of carbonyl (C=O) groups excluding carboxylic acids is 1. The first-order valence-corrected chi connectivity index (χ1v) is 7.30. The molecule has 0 aromatic rings. The highest BCUT2D eigenvalue weighted by molar-refractivity contribution is 9.09. The number of rotatable bonds is 4. The Kier molecular flexibility index (Phi) is 4.70. The van der Waals surface area contributed by atoms with E-state index >= 15 is 0 Å². The molecule has 1 aliphatic rings.